The monoisotopic (exact) mass is 313 g/mol. The Hall–Kier alpha value is -0.950. The quantitative estimate of drug-likeness (QED) is 0.781. The lowest BCUT2D eigenvalue weighted by Gasteiger charge is -2.27. The van der Waals surface area contributed by atoms with Crippen LogP contribution in [0.1, 0.15) is 40.4 Å². The van der Waals surface area contributed by atoms with Crippen molar-refractivity contribution in [3.63, 3.8) is 0 Å². The molecule has 1 fully saturated rings. The summed E-state index contributed by atoms with van der Waals surface area (Å²) in [5.41, 5.74) is 0. The van der Waals surface area contributed by atoms with E-state index >= 15 is 0 Å². The van der Waals surface area contributed by atoms with Crippen molar-refractivity contribution in [2.75, 3.05) is 39.5 Å². The maximum absolute atomic E-state index is 11.7. The highest BCUT2D eigenvalue weighted by Crippen LogP contribution is 2.26. The van der Waals surface area contributed by atoms with E-state index in [2.05, 4.69) is 4.90 Å². The van der Waals surface area contributed by atoms with Crippen LogP contribution in [0.5, 0.6) is 0 Å². The molecule has 1 unspecified atom stereocenters. The van der Waals surface area contributed by atoms with E-state index in [-0.39, 0.29) is 5.97 Å². The molecule has 2 heterocycles. The molecule has 0 radical (unpaired) electrons. The molecule has 21 heavy (non-hydrogen) atoms. The smallest absolute Gasteiger partial charge is 0.348 e. The lowest BCUT2D eigenvalue weighted by molar-refractivity contribution is 0.0303. The lowest BCUT2D eigenvalue weighted by atomic mass is 10.2. The number of ether oxygens (including phenoxy) is 2. The van der Waals surface area contributed by atoms with Crippen LogP contribution in [0.25, 0.3) is 0 Å². The van der Waals surface area contributed by atoms with Crippen LogP contribution in [0.3, 0.4) is 0 Å². The summed E-state index contributed by atoms with van der Waals surface area (Å²) in [6.45, 7) is 6.62. The summed E-state index contributed by atoms with van der Waals surface area (Å²) in [6, 6.07) is 3.55. The van der Waals surface area contributed by atoms with Gasteiger partial charge >= 0.3 is 5.97 Å². The molecule has 0 aliphatic carbocycles. The molecule has 0 amide bonds. The van der Waals surface area contributed by atoms with Gasteiger partial charge in [-0.05, 0) is 25.0 Å². The van der Waals surface area contributed by atoms with Gasteiger partial charge < -0.3 is 14.6 Å². The molecule has 1 aliphatic rings. The highest BCUT2D eigenvalue weighted by Gasteiger charge is 2.17. The second kappa shape index (κ2) is 8.48. The number of hydrogen-bond acceptors (Lipinski definition) is 6. The summed E-state index contributed by atoms with van der Waals surface area (Å²) in [7, 11) is 0. The van der Waals surface area contributed by atoms with Crippen LogP contribution in [0.2, 0.25) is 0 Å². The molecule has 2 rings (SSSR count). The van der Waals surface area contributed by atoms with Gasteiger partial charge in [0.05, 0.1) is 25.9 Å². The molecule has 5 nitrogen and oxygen atoms in total. The third-order valence-electron chi connectivity index (χ3n) is 3.42. The van der Waals surface area contributed by atoms with Gasteiger partial charge in [0.15, 0.2) is 0 Å². The molecular weight excluding hydrogens is 290 g/mol. The van der Waals surface area contributed by atoms with E-state index < -0.39 is 6.10 Å². The normalized spacial score (nSPS) is 17.6. The van der Waals surface area contributed by atoms with Crippen LogP contribution in [0, 0.1) is 0 Å². The topological polar surface area (TPSA) is 59.0 Å². The number of nitrogens with zero attached hydrogens (tertiary/aromatic N) is 1. The Balaban J connectivity index is 1.80. The fourth-order valence-electron chi connectivity index (χ4n) is 2.18. The van der Waals surface area contributed by atoms with Crippen LogP contribution < -0.4 is 0 Å². The van der Waals surface area contributed by atoms with Gasteiger partial charge in [-0.15, -0.1) is 11.3 Å². The molecule has 1 aromatic heterocycles. The first-order valence-corrected chi connectivity index (χ1v) is 8.27. The zero-order valence-electron chi connectivity index (χ0n) is 12.4. The number of carbonyl (C=O) groups is 1. The second-order valence-electron chi connectivity index (χ2n) is 5.10. The molecule has 118 valence electrons. The largest absolute Gasteiger partial charge is 0.462 e. The molecule has 0 saturated carbocycles. The SMILES string of the molecule is CCCOC(=O)c1ccc(C(O)CCN2CCOCC2)s1. The van der Waals surface area contributed by atoms with Crippen molar-refractivity contribution in [2.45, 2.75) is 25.9 Å². The van der Waals surface area contributed by atoms with Crippen molar-refractivity contribution >= 4 is 17.3 Å². The van der Waals surface area contributed by atoms with Crippen molar-refractivity contribution in [1.82, 2.24) is 4.90 Å². The van der Waals surface area contributed by atoms with Crippen LogP contribution in [0.4, 0.5) is 0 Å². The Bertz CT molecular complexity index is 443. The maximum atomic E-state index is 11.7. The summed E-state index contributed by atoms with van der Waals surface area (Å²) >= 11 is 1.32. The Morgan fingerprint density at radius 3 is 2.95 bits per heavy atom. The van der Waals surface area contributed by atoms with Crippen molar-refractivity contribution in [2.24, 2.45) is 0 Å². The van der Waals surface area contributed by atoms with Gasteiger partial charge in [0.2, 0.25) is 0 Å². The molecule has 1 atom stereocenters. The molecule has 1 saturated heterocycles. The predicted molar refractivity (Wildman–Crippen MR) is 81.7 cm³/mol. The molecule has 0 bridgehead atoms. The Labute approximate surface area is 129 Å². The number of esters is 1. The zero-order valence-corrected chi connectivity index (χ0v) is 13.2. The van der Waals surface area contributed by atoms with Crippen molar-refractivity contribution in [3.8, 4) is 0 Å². The van der Waals surface area contributed by atoms with Gasteiger partial charge in [-0.1, -0.05) is 6.92 Å². The number of rotatable bonds is 7. The van der Waals surface area contributed by atoms with Gasteiger partial charge in [-0.3, -0.25) is 4.90 Å². The molecule has 6 heteroatoms. The second-order valence-corrected chi connectivity index (χ2v) is 6.21. The highest BCUT2D eigenvalue weighted by atomic mass is 32.1. The number of hydrogen-bond donors (Lipinski definition) is 1. The summed E-state index contributed by atoms with van der Waals surface area (Å²) in [4.78, 5) is 15.4. The zero-order chi connectivity index (χ0) is 15.1. The van der Waals surface area contributed by atoms with Gasteiger partial charge in [-0.2, -0.15) is 0 Å². The van der Waals surface area contributed by atoms with E-state index in [1.165, 1.54) is 11.3 Å². The van der Waals surface area contributed by atoms with Crippen LogP contribution >= 0.6 is 11.3 Å². The summed E-state index contributed by atoms with van der Waals surface area (Å²) in [5.74, 6) is -0.298. The fourth-order valence-corrected chi connectivity index (χ4v) is 3.10. The number of aliphatic hydroxyl groups excluding tert-OH is 1. The lowest BCUT2D eigenvalue weighted by Crippen LogP contribution is -2.37. The van der Waals surface area contributed by atoms with E-state index in [1.807, 2.05) is 13.0 Å². The summed E-state index contributed by atoms with van der Waals surface area (Å²) < 4.78 is 10.4. The number of thiophene rings is 1. The van der Waals surface area contributed by atoms with Gasteiger partial charge in [-0.25, -0.2) is 4.79 Å². The number of carbonyl (C=O) groups excluding carboxylic acids is 1. The van der Waals surface area contributed by atoms with E-state index in [0.717, 1.165) is 44.1 Å². The third kappa shape index (κ3) is 5.07. The van der Waals surface area contributed by atoms with Crippen LogP contribution in [-0.4, -0.2) is 55.4 Å². The third-order valence-corrected chi connectivity index (χ3v) is 4.58. The summed E-state index contributed by atoms with van der Waals surface area (Å²) in [6.07, 6.45) is 0.960. The van der Waals surface area contributed by atoms with Gasteiger partial charge in [0, 0.05) is 24.5 Å². The van der Waals surface area contributed by atoms with E-state index in [1.54, 1.807) is 6.07 Å². The minimum absolute atomic E-state index is 0.298. The molecule has 1 N–H and O–H groups in total. The van der Waals surface area contributed by atoms with Crippen LogP contribution in [0.15, 0.2) is 12.1 Å². The minimum Gasteiger partial charge on any atom is -0.462 e. The van der Waals surface area contributed by atoms with E-state index in [0.29, 0.717) is 17.9 Å². The number of morpholine rings is 1. The molecule has 1 aliphatic heterocycles. The van der Waals surface area contributed by atoms with Crippen molar-refractivity contribution < 1.29 is 19.4 Å². The maximum Gasteiger partial charge on any atom is 0.348 e. The Kier molecular flexibility index (Phi) is 6.63. The Morgan fingerprint density at radius 1 is 1.48 bits per heavy atom. The molecule has 0 aromatic carbocycles. The molecular formula is C15H23NO4S. The molecule has 0 spiro atoms. The van der Waals surface area contributed by atoms with Crippen molar-refractivity contribution in [1.29, 1.82) is 0 Å². The highest BCUT2D eigenvalue weighted by molar-refractivity contribution is 7.14. The van der Waals surface area contributed by atoms with E-state index in [9.17, 15) is 9.90 Å². The van der Waals surface area contributed by atoms with E-state index in [4.69, 9.17) is 9.47 Å². The fraction of sp³-hybridized carbons (Fsp3) is 0.667. The predicted octanol–water partition coefficient (Wildman–Crippen LogP) is 2.07. The Morgan fingerprint density at radius 2 is 2.24 bits per heavy atom. The average molecular weight is 313 g/mol. The first-order chi connectivity index (χ1) is 10.2. The standard InChI is InChI=1S/C15H23NO4S/c1-2-9-20-15(18)14-4-3-13(21-14)12(17)5-6-16-7-10-19-11-8-16/h3-4,12,17H,2,5-11H2,1H3. The minimum atomic E-state index is -0.523. The average Bonchev–Trinajstić information content (AvgIpc) is 3.01. The summed E-state index contributed by atoms with van der Waals surface area (Å²) in [5, 5.41) is 10.2. The first kappa shape index (κ1) is 16.4. The molecule has 1 aromatic rings. The van der Waals surface area contributed by atoms with Gasteiger partial charge in [0.1, 0.15) is 4.88 Å². The van der Waals surface area contributed by atoms with Crippen molar-refractivity contribution in [3.05, 3.63) is 21.9 Å². The van der Waals surface area contributed by atoms with Crippen LogP contribution in [-0.2, 0) is 9.47 Å². The first-order valence-electron chi connectivity index (χ1n) is 7.45. The van der Waals surface area contributed by atoms with Gasteiger partial charge in [0.25, 0.3) is 0 Å². The number of aliphatic hydroxyl groups is 1.